The van der Waals surface area contributed by atoms with Crippen LogP contribution in [0.15, 0.2) is 0 Å². The molecule has 0 spiro atoms. The van der Waals surface area contributed by atoms with Crippen LogP contribution in [0.25, 0.3) is 0 Å². The van der Waals surface area contributed by atoms with Crippen LogP contribution in [-0.4, -0.2) is 45.4 Å². The summed E-state index contributed by atoms with van der Waals surface area (Å²) in [4.78, 5) is 0. The zero-order valence-electron chi connectivity index (χ0n) is 10.9. The third-order valence-corrected chi connectivity index (χ3v) is 13.6. The van der Waals surface area contributed by atoms with Crippen molar-refractivity contribution in [2.45, 2.75) is 27.7 Å². The molecule has 0 radical (unpaired) electrons. The Bertz CT molecular complexity index is 289. The monoisotopic (exact) mass is 271 g/mol. The summed E-state index contributed by atoms with van der Waals surface area (Å²) in [6.45, 7) is 5.72. The van der Waals surface area contributed by atoms with E-state index in [1.165, 1.54) is 0 Å². The summed E-state index contributed by atoms with van der Waals surface area (Å²) < 4.78 is 29.3. The van der Waals surface area contributed by atoms with E-state index in [0.29, 0.717) is 0 Å². The van der Waals surface area contributed by atoms with Crippen LogP contribution in [0, 0.1) is 0 Å². The fourth-order valence-corrected chi connectivity index (χ4v) is 9.58. The van der Waals surface area contributed by atoms with Crippen molar-refractivity contribution in [1.29, 1.82) is 0 Å². The molecule has 0 saturated heterocycles. The Morgan fingerprint density at radius 3 is 1.62 bits per heavy atom. The minimum atomic E-state index is -3.46. The molecular formula is C10H26NO3PS. The van der Waals surface area contributed by atoms with E-state index in [0.717, 1.165) is 24.6 Å². The standard InChI is InChI=1S/C10H26NO3PS/c1-5-15(6-2,7-3,8-4)14-16(12,13)10-9-11/h5-11H2,1-4H3. The third kappa shape index (κ3) is 3.39. The van der Waals surface area contributed by atoms with Gasteiger partial charge in [0.2, 0.25) is 0 Å². The first-order chi connectivity index (χ1) is 7.32. The second-order valence-electron chi connectivity index (χ2n) is 4.25. The summed E-state index contributed by atoms with van der Waals surface area (Å²) in [5, 5.41) is 0. The van der Waals surface area contributed by atoms with Crippen molar-refractivity contribution in [2.24, 2.45) is 5.73 Å². The van der Waals surface area contributed by atoms with Crippen molar-refractivity contribution in [1.82, 2.24) is 0 Å². The molecule has 0 atom stereocenters. The van der Waals surface area contributed by atoms with Gasteiger partial charge in [-0.2, -0.15) is 0 Å². The Kier molecular flexibility index (Phi) is 5.87. The van der Waals surface area contributed by atoms with Crippen molar-refractivity contribution < 1.29 is 12.4 Å². The molecule has 0 aromatic rings. The van der Waals surface area contributed by atoms with Crippen molar-refractivity contribution in [3.05, 3.63) is 0 Å². The molecule has 0 heterocycles. The van der Waals surface area contributed by atoms with E-state index in [-0.39, 0.29) is 12.3 Å². The van der Waals surface area contributed by atoms with Crippen LogP contribution in [0.5, 0.6) is 0 Å². The molecule has 6 heteroatoms. The fourth-order valence-electron chi connectivity index (χ4n) is 2.06. The van der Waals surface area contributed by atoms with Gasteiger partial charge >= 0.3 is 99.7 Å². The molecule has 16 heavy (non-hydrogen) atoms. The Balaban J connectivity index is 5.24. The van der Waals surface area contributed by atoms with Gasteiger partial charge in [-0.1, -0.05) is 0 Å². The number of rotatable bonds is 8. The number of hydrogen-bond donors (Lipinski definition) is 1. The van der Waals surface area contributed by atoms with Gasteiger partial charge in [-0.25, -0.2) is 0 Å². The molecule has 0 fully saturated rings. The van der Waals surface area contributed by atoms with Crippen molar-refractivity contribution in [3.63, 3.8) is 0 Å². The first kappa shape index (κ1) is 16.3. The van der Waals surface area contributed by atoms with Crippen LogP contribution < -0.4 is 5.73 Å². The maximum atomic E-state index is 11.8. The van der Waals surface area contributed by atoms with E-state index < -0.39 is 16.9 Å². The zero-order valence-corrected chi connectivity index (χ0v) is 12.6. The first-order valence-electron chi connectivity index (χ1n) is 5.97. The molecule has 0 aromatic carbocycles. The van der Waals surface area contributed by atoms with Crippen LogP contribution in [0.4, 0.5) is 0 Å². The Morgan fingerprint density at radius 1 is 1.00 bits per heavy atom. The van der Waals surface area contributed by atoms with Crippen molar-refractivity contribution >= 4 is 16.9 Å². The SMILES string of the molecule is CCP(CC)(CC)(CC)OS(=O)(=O)CCN. The van der Waals surface area contributed by atoms with Gasteiger partial charge < -0.3 is 0 Å². The summed E-state index contributed by atoms with van der Waals surface area (Å²) in [6.07, 6.45) is 3.27. The van der Waals surface area contributed by atoms with E-state index in [1.54, 1.807) is 0 Å². The van der Waals surface area contributed by atoms with Crippen LogP contribution in [0.2, 0.25) is 0 Å². The Labute approximate surface area is 100 Å². The molecule has 0 rings (SSSR count). The van der Waals surface area contributed by atoms with E-state index in [1.807, 2.05) is 27.7 Å². The average molecular weight is 271 g/mol. The van der Waals surface area contributed by atoms with Gasteiger partial charge in [0.05, 0.1) is 0 Å². The van der Waals surface area contributed by atoms with Crippen LogP contribution >= 0.6 is 6.83 Å². The topological polar surface area (TPSA) is 69.4 Å². The summed E-state index contributed by atoms with van der Waals surface area (Å²) in [5.74, 6) is -0.0785. The molecule has 2 N–H and O–H groups in total. The van der Waals surface area contributed by atoms with Crippen LogP contribution in [0.1, 0.15) is 27.7 Å². The molecule has 0 aromatic heterocycles. The summed E-state index contributed by atoms with van der Waals surface area (Å²) in [6, 6.07) is 0. The summed E-state index contributed by atoms with van der Waals surface area (Å²) >= 11 is 0. The van der Waals surface area contributed by atoms with Gasteiger partial charge in [-0.05, 0) is 0 Å². The maximum absolute atomic E-state index is 11.8. The molecule has 0 aliphatic heterocycles. The van der Waals surface area contributed by atoms with Gasteiger partial charge in [0.1, 0.15) is 0 Å². The molecule has 4 nitrogen and oxygen atoms in total. The van der Waals surface area contributed by atoms with Gasteiger partial charge in [0.25, 0.3) is 0 Å². The molecule has 0 bridgehead atoms. The van der Waals surface area contributed by atoms with Crippen LogP contribution in [0.3, 0.4) is 0 Å². The second-order valence-corrected chi connectivity index (χ2v) is 12.6. The second kappa shape index (κ2) is 5.76. The quantitative estimate of drug-likeness (QED) is 0.684. The third-order valence-electron chi connectivity index (χ3n) is 3.89. The Hall–Kier alpha value is 0.300. The van der Waals surface area contributed by atoms with E-state index in [9.17, 15) is 8.42 Å². The van der Waals surface area contributed by atoms with E-state index in [2.05, 4.69) is 0 Å². The van der Waals surface area contributed by atoms with Gasteiger partial charge in [0, 0.05) is 0 Å². The molecule has 0 aliphatic rings. The van der Waals surface area contributed by atoms with Crippen molar-refractivity contribution in [3.8, 4) is 0 Å². The predicted octanol–water partition coefficient (Wildman–Crippen LogP) is 1.84. The molecule has 0 amide bonds. The number of hydrogen-bond acceptors (Lipinski definition) is 4. The minimum absolute atomic E-state index is 0.0785. The van der Waals surface area contributed by atoms with Gasteiger partial charge in [-0.3, -0.25) is 0 Å². The van der Waals surface area contributed by atoms with E-state index in [4.69, 9.17) is 9.70 Å². The fraction of sp³-hybridized carbons (Fsp3) is 1.00. The molecule has 100 valence electrons. The van der Waals surface area contributed by atoms with Gasteiger partial charge in [-0.15, -0.1) is 0 Å². The molecule has 0 unspecified atom stereocenters. The summed E-state index contributed by atoms with van der Waals surface area (Å²) in [7, 11) is -3.46. The molecule has 0 aliphatic carbocycles. The zero-order chi connectivity index (χ0) is 12.9. The normalized spacial score (nSPS) is 15.7. The molecular weight excluding hydrogens is 245 g/mol. The Morgan fingerprint density at radius 2 is 1.38 bits per heavy atom. The predicted molar refractivity (Wildman–Crippen MR) is 73.0 cm³/mol. The average Bonchev–Trinajstić information content (AvgIpc) is 2.27. The molecule has 0 saturated carbocycles. The van der Waals surface area contributed by atoms with Gasteiger partial charge in [0.15, 0.2) is 0 Å². The van der Waals surface area contributed by atoms with E-state index >= 15 is 0 Å². The number of nitrogens with two attached hydrogens (primary N) is 1. The first-order valence-corrected chi connectivity index (χ1v) is 10.4. The van der Waals surface area contributed by atoms with Crippen LogP contribution in [-0.2, 0) is 14.1 Å². The summed E-state index contributed by atoms with van der Waals surface area (Å²) in [5.41, 5.74) is 5.30. The van der Waals surface area contributed by atoms with Crippen molar-refractivity contribution in [2.75, 3.05) is 36.9 Å².